The molecule has 3 amide bonds. The monoisotopic (exact) mass is 254 g/mol. The predicted octanol–water partition coefficient (Wildman–Crippen LogP) is 0.826. The van der Waals surface area contributed by atoms with Gasteiger partial charge in [0, 0.05) is 12.1 Å². The molecule has 1 atom stereocenters. The number of nitrogens with one attached hydrogen (secondary N) is 1. The summed E-state index contributed by atoms with van der Waals surface area (Å²) in [5, 5.41) is 2.61. The highest BCUT2D eigenvalue weighted by molar-refractivity contribution is 6.04. The molecule has 1 fully saturated rings. The third-order valence-electron chi connectivity index (χ3n) is 2.77. The van der Waals surface area contributed by atoms with Crippen molar-refractivity contribution in [2.24, 2.45) is 0 Å². The Hall–Kier alpha value is -1.85. The quantitative estimate of drug-likeness (QED) is 0.448. The number of ether oxygens (including phenoxy) is 1. The number of esters is 1. The minimum atomic E-state index is -0.466. The maximum Gasteiger partial charge on any atom is 0.333 e. The number of urea groups is 1. The van der Waals surface area contributed by atoms with Crippen LogP contribution in [0.25, 0.3) is 0 Å². The Labute approximate surface area is 106 Å². The van der Waals surface area contributed by atoms with E-state index < -0.39 is 18.0 Å². The summed E-state index contributed by atoms with van der Waals surface area (Å²) in [6.45, 7) is 3.61. The van der Waals surface area contributed by atoms with Crippen LogP contribution in [-0.2, 0) is 14.3 Å². The average Bonchev–Trinajstić information content (AvgIpc) is 2.61. The molecule has 0 bridgehead atoms. The molecule has 1 aliphatic heterocycles. The van der Waals surface area contributed by atoms with E-state index in [9.17, 15) is 14.4 Å². The Morgan fingerprint density at radius 3 is 2.72 bits per heavy atom. The van der Waals surface area contributed by atoms with E-state index in [-0.39, 0.29) is 12.5 Å². The Kier molecular flexibility index (Phi) is 4.88. The highest BCUT2D eigenvalue weighted by atomic mass is 16.5. The van der Waals surface area contributed by atoms with Crippen LogP contribution < -0.4 is 5.32 Å². The molecule has 0 radical (unpaired) electrons. The first-order valence-corrected chi connectivity index (χ1v) is 5.88. The third kappa shape index (κ3) is 3.09. The van der Waals surface area contributed by atoms with Gasteiger partial charge in [0.05, 0.1) is 7.11 Å². The molecule has 1 heterocycles. The Morgan fingerprint density at radius 1 is 1.50 bits per heavy atom. The van der Waals surface area contributed by atoms with Gasteiger partial charge in [0.15, 0.2) is 0 Å². The van der Waals surface area contributed by atoms with Gasteiger partial charge in [0.2, 0.25) is 0 Å². The second-order valence-corrected chi connectivity index (χ2v) is 4.12. The number of carbonyl (C=O) groups excluding carboxylic acids is 3. The van der Waals surface area contributed by atoms with E-state index in [1.165, 1.54) is 13.2 Å². The molecular weight excluding hydrogens is 236 g/mol. The Bertz CT molecular complexity index is 390. The van der Waals surface area contributed by atoms with Crippen molar-refractivity contribution >= 4 is 17.9 Å². The van der Waals surface area contributed by atoms with E-state index in [1.54, 1.807) is 6.92 Å². The van der Waals surface area contributed by atoms with E-state index in [2.05, 4.69) is 10.1 Å². The van der Waals surface area contributed by atoms with Crippen LogP contribution in [0, 0.1) is 0 Å². The number of hydrogen-bond acceptors (Lipinski definition) is 4. The zero-order valence-corrected chi connectivity index (χ0v) is 10.9. The topological polar surface area (TPSA) is 75.7 Å². The van der Waals surface area contributed by atoms with Crippen molar-refractivity contribution in [3.05, 3.63) is 11.6 Å². The number of nitrogens with zero attached hydrogens (tertiary/aromatic N) is 1. The van der Waals surface area contributed by atoms with Gasteiger partial charge < -0.3 is 10.1 Å². The SMILES string of the molecule is CCCC1NC(=O)N(CC=C(C)C(=O)OC)C1=O. The first-order chi connectivity index (χ1) is 8.51. The molecule has 6 nitrogen and oxygen atoms in total. The molecule has 1 saturated heterocycles. The van der Waals surface area contributed by atoms with Crippen molar-refractivity contribution in [1.29, 1.82) is 0 Å². The van der Waals surface area contributed by atoms with Gasteiger partial charge in [-0.1, -0.05) is 19.4 Å². The molecule has 0 aromatic carbocycles. The van der Waals surface area contributed by atoms with Gasteiger partial charge in [0.25, 0.3) is 5.91 Å². The molecule has 6 heteroatoms. The predicted molar refractivity (Wildman–Crippen MR) is 64.7 cm³/mol. The zero-order valence-electron chi connectivity index (χ0n) is 10.9. The highest BCUT2D eigenvalue weighted by Crippen LogP contribution is 2.11. The van der Waals surface area contributed by atoms with Crippen molar-refractivity contribution in [1.82, 2.24) is 10.2 Å². The van der Waals surface area contributed by atoms with Crippen LogP contribution in [0.15, 0.2) is 11.6 Å². The molecule has 1 aliphatic rings. The lowest BCUT2D eigenvalue weighted by Gasteiger charge is -2.10. The van der Waals surface area contributed by atoms with Crippen LogP contribution in [0.1, 0.15) is 26.7 Å². The van der Waals surface area contributed by atoms with Crippen molar-refractivity contribution in [2.45, 2.75) is 32.7 Å². The van der Waals surface area contributed by atoms with Crippen LogP contribution in [0.4, 0.5) is 4.79 Å². The van der Waals surface area contributed by atoms with E-state index >= 15 is 0 Å². The molecular formula is C12H18N2O4. The Balaban J connectivity index is 2.65. The van der Waals surface area contributed by atoms with Gasteiger partial charge in [-0.15, -0.1) is 0 Å². The van der Waals surface area contributed by atoms with E-state index in [1.807, 2.05) is 6.92 Å². The Morgan fingerprint density at radius 2 is 2.17 bits per heavy atom. The van der Waals surface area contributed by atoms with E-state index in [4.69, 9.17) is 0 Å². The average molecular weight is 254 g/mol. The summed E-state index contributed by atoms with van der Waals surface area (Å²) in [6.07, 6.45) is 2.96. The molecule has 0 aliphatic carbocycles. The zero-order chi connectivity index (χ0) is 13.7. The molecule has 1 N–H and O–H groups in total. The normalized spacial score (nSPS) is 20.1. The van der Waals surface area contributed by atoms with E-state index in [0.29, 0.717) is 12.0 Å². The molecule has 0 spiro atoms. The minimum absolute atomic E-state index is 0.0891. The van der Waals surface area contributed by atoms with Crippen LogP contribution >= 0.6 is 0 Å². The van der Waals surface area contributed by atoms with Crippen molar-refractivity contribution in [3.8, 4) is 0 Å². The van der Waals surface area contributed by atoms with Crippen LogP contribution in [0.3, 0.4) is 0 Å². The number of carbonyl (C=O) groups is 3. The first kappa shape index (κ1) is 14.2. The lowest BCUT2D eigenvalue weighted by molar-refractivity contribution is -0.136. The number of hydrogen-bond donors (Lipinski definition) is 1. The summed E-state index contributed by atoms with van der Waals surface area (Å²) >= 11 is 0. The summed E-state index contributed by atoms with van der Waals surface area (Å²) in [5.41, 5.74) is 0.372. The fourth-order valence-corrected chi connectivity index (χ4v) is 1.71. The van der Waals surface area contributed by atoms with Crippen LogP contribution in [0.2, 0.25) is 0 Å². The summed E-state index contributed by atoms with van der Waals surface area (Å²) in [4.78, 5) is 35.7. The number of rotatable bonds is 5. The lowest BCUT2D eigenvalue weighted by Crippen LogP contribution is -2.31. The number of methoxy groups -OCH3 is 1. The van der Waals surface area contributed by atoms with Gasteiger partial charge >= 0.3 is 12.0 Å². The second-order valence-electron chi connectivity index (χ2n) is 4.12. The molecule has 0 aromatic heterocycles. The maximum atomic E-state index is 11.9. The molecule has 1 rings (SSSR count). The van der Waals surface area contributed by atoms with Crippen LogP contribution in [0.5, 0.6) is 0 Å². The molecule has 1 unspecified atom stereocenters. The van der Waals surface area contributed by atoms with Crippen molar-refractivity contribution in [3.63, 3.8) is 0 Å². The van der Waals surface area contributed by atoms with Crippen LogP contribution in [-0.4, -0.2) is 42.5 Å². The van der Waals surface area contributed by atoms with E-state index in [0.717, 1.165) is 11.3 Å². The maximum absolute atomic E-state index is 11.9. The van der Waals surface area contributed by atoms with Gasteiger partial charge in [-0.2, -0.15) is 0 Å². The minimum Gasteiger partial charge on any atom is -0.466 e. The number of imide groups is 1. The highest BCUT2D eigenvalue weighted by Gasteiger charge is 2.36. The lowest BCUT2D eigenvalue weighted by atomic mass is 10.1. The van der Waals surface area contributed by atoms with Gasteiger partial charge in [-0.25, -0.2) is 9.59 Å². The van der Waals surface area contributed by atoms with Gasteiger partial charge in [-0.05, 0) is 13.3 Å². The van der Waals surface area contributed by atoms with Crippen molar-refractivity contribution < 1.29 is 19.1 Å². The third-order valence-corrected chi connectivity index (χ3v) is 2.77. The second kappa shape index (κ2) is 6.18. The molecule has 18 heavy (non-hydrogen) atoms. The molecule has 100 valence electrons. The number of amides is 3. The largest absolute Gasteiger partial charge is 0.466 e. The first-order valence-electron chi connectivity index (χ1n) is 5.88. The summed E-state index contributed by atoms with van der Waals surface area (Å²) in [5.74, 6) is -0.706. The smallest absolute Gasteiger partial charge is 0.333 e. The fraction of sp³-hybridized carbons (Fsp3) is 0.583. The summed E-state index contributed by atoms with van der Waals surface area (Å²) < 4.78 is 4.53. The van der Waals surface area contributed by atoms with Crippen molar-refractivity contribution in [2.75, 3.05) is 13.7 Å². The standard InChI is InChI=1S/C12H18N2O4/c1-4-5-9-10(15)14(12(17)13-9)7-6-8(2)11(16)18-3/h6,9H,4-5,7H2,1-3H3,(H,13,17). The fourth-order valence-electron chi connectivity index (χ4n) is 1.71. The van der Waals surface area contributed by atoms with Gasteiger partial charge in [0.1, 0.15) is 6.04 Å². The van der Waals surface area contributed by atoms with Gasteiger partial charge in [-0.3, -0.25) is 9.69 Å². The summed E-state index contributed by atoms with van der Waals surface area (Å²) in [6, 6.07) is -0.846. The summed E-state index contributed by atoms with van der Waals surface area (Å²) in [7, 11) is 1.28. The molecule has 0 aromatic rings. The molecule has 0 saturated carbocycles.